The van der Waals surface area contributed by atoms with E-state index in [2.05, 4.69) is 34.1 Å². The van der Waals surface area contributed by atoms with Crippen molar-refractivity contribution in [1.29, 1.82) is 0 Å². The van der Waals surface area contributed by atoms with Gasteiger partial charge in [0.25, 0.3) is 10.0 Å². The van der Waals surface area contributed by atoms with Gasteiger partial charge in [-0.1, -0.05) is 27.7 Å². The van der Waals surface area contributed by atoms with E-state index in [0.29, 0.717) is 24.6 Å². The van der Waals surface area contributed by atoms with E-state index in [0.717, 1.165) is 0 Å². The maximum absolute atomic E-state index is 12.2. The molecule has 110 valence electrons. The lowest BCUT2D eigenvalue weighted by Gasteiger charge is -2.29. The van der Waals surface area contributed by atoms with Crippen LogP contribution in [0.5, 0.6) is 0 Å². The van der Waals surface area contributed by atoms with Gasteiger partial charge in [0.1, 0.15) is 0 Å². The summed E-state index contributed by atoms with van der Waals surface area (Å²) in [5, 5.41) is 9.42. The maximum atomic E-state index is 12.2. The molecule has 0 saturated heterocycles. The van der Waals surface area contributed by atoms with E-state index in [1.807, 2.05) is 13.8 Å². The molecule has 0 atom stereocenters. The largest absolute Gasteiger partial charge is 0.316 e. The second kappa shape index (κ2) is 6.02. The van der Waals surface area contributed by atoms with Crippen molar-refractivity contribution in [1.82, 2.24) is 20.2 Å². The lowest BCUT2D eigenvalue weighted by atomic mass is 9.81. The van der Waals surface area contributed by atoms with Gasteiger partial charge in [0.15, 0.2) is 5.03 Å². The molecule has 0 aliphatic heterocycles. The van der Waals surface area contributed by atoms with Crippen LogP contribution in [0.2, 0.25) is 0 Å². The molecule has 1 aromatic rings. The van der Waals surface area contributed by atoms with Gasteiger partial charge in [-0.3, -0.25) is 5.10 Å². The second-order valence-electron chi connectivity index (χ2n) is 5.72. The van der Waals surface area contributed by atoms with Crippen LogP contribution in [0.4, 0.5) is 0 Å². The number of hydrogen-bond donors (Lipinski definition) is 3. The molecule has 0 bridgehead atoms. The van der Waals surface area contributed by atoms with Gasteiger partial charge in [-0.15, -0.1) is 0 Å². The van der Waals surface area contributed by atoms with Crippen molar-refractivity contribution in [3.63, 3.8) is 0 Å². The molecule has 0 saturated carbocycles. The summed E-state index contributed by atoms with van der Waals surface area (Å²) in [6.07, 6.45) is 1.53. The molecule has 6 nitrogen and oxygen atoms in total. The Kier molecular flexibility index (Phi) is 5.11. The molecule has 0 aromatic carbocycles. The van der Waals surface area contributed by atoms with E-state index in [-0.39, 0.29) is 10.4 Å². The average Bonchev–Trinajstić information content (AvgIpc) is 2.76. The number of sulfonamides is 1. The first-order chi connectivity index (χ1) is 8.70. The quantitative estimate of drug-likeness (QED) is 0.701. The first kappa shape index (κ1) is 16.1. The first-order valence-corrected chi connectivity index (χ1v) is 7.85. The minimum Gasteiger partial charge on any atom is -0.316 e. The summed E-state index contributed by atoms with van der Waals surface area (Å²) in [5.74, 6) is 0.383. The van der Waals surface area contributed by atoms with Gasteiger partial charge < -0.3 is 5.32 Å². The van der Waals surface area contributed by atoms with E-state index >= 15 is 0 Å². The number of rotatable bonds is 7. The van der Waals surface area contributed by atoms with Crippen LogP contribution in [0.25, 0.3) is 0 Å². The standard InChI is InChI=1S/C12H24N4O2S/c1-9(2)12(3,4)8-15-19(17,18)11-10(6-13-5)7-14-16-11/h7,9,13,15H,6,8H2,1-5H3,(H,14,16). The van der Waals surface area contributed by atoms with Gasteiger partial charge in [0, 0.05) is 18.7 Å². The Balaban J connectivity index is 2.85. The molecule has 1 rings (SSSR count). The monoisotopic (exact) mass is 288 g/mol. The van der Waals surface area contributed by atoms with Crippen molar-refractivity contribution in [2.45, 2.75) is 39.3 Å². The molecule has 0 amide bonds. The molecule has 0 fully saturated rings. The number of H-pyrrole nitrogens is 1. The molecule has 1 aromatic heterocycles. The van der Waals surface area contributed by atoms with Crippen LogP contribution >= 0.6 is 0 Å². The van der Waals surface area contributed by atoms with Crippen LogP contribution in [-0.4, -0.2) is 32.2 Å². The highest BCUT2D eigenvalue weighted by Crippen LogP contribution is 2.25. The Hall–Kier alpha value is -0.920. The Morgan fingerprint density at radius 3 is 2.58 bits per heavy atom. The number of aromatic nitrogens is 2. The molecule has 3 N–H and O–H groups in total. The summed E-state index contributed by atoms with van der Waals surface area (Å²) < 4.78 is 27.2. The average molecular weight is 288 g/mol. The van der Waals surface area contributed by atoms with Crippen LogP contribution in [0.15, 0.2) is 11.2 Å². The molecule has 0 unspecified atom stereocenters. The van der Waals surface area contributed by atoms with Crippen molar-refractivity contribution >= 4 is 10.0 Å². The fourth-order valence-corrected chi connectivity index (χ4v) is 2.75. The maximum Gasteiger partial charge on any atom is 0.257 e. The molecule has 0 radical (unpaired) electrons. The Morgan fingerprint density at radius 2 is 2.05 bits per heavy atom. The van der Waals surface area contributed by atoms with Gasteiger partial charge in [0.2, 0.25) is 0 Å². The van der Waals surface area contributed by atoms with Crippen LogP contribution in [0.1, 0.15) is 33.3 Å². The lowest BCUT2D eigenvalue weighted by Crippen LogP contribution is -2.37. The summed E-state index contributed by atoms with van der Waals surface area (Å²) in [7, 11) is -1.78. The summed E-state index contributed by atoms with van der Waals surface area (Å²) in [4.78, 5) is 0. The number of hydrogen-bond acceptors (Lipinski definition) is 4. The third-order valence-corrected chi connectivity index (χ3v) is 5.01. The highest BCUT2D eigenvalue weighted by Gasteiger charge is 2.27. The number of nitrogens with zero attached hydrogens (tertiary/aromatic N) is 1. The number of aromatic amines is 1. The Morgan fingerprint density at radius 1 is 1.42 bits per heavy atom. The minimum atomic E-state index is -3.54. The molecular formula is C12H24N4O2S. The van der Waals surface area contributed by atoms with E-state index in [9.17, 15) is 8.42 Å². The highest BCUT2D eigenvalue weighted by molar-refractivity contribution is 7.89. The predicted octanol–water partition coefficient (Wildman–Crippen LogP) is 1.09. The minimum absolute atomic E-state index is 0.101. The molecule has 0 aliphatic carbocycles. The molecule has 1 heterocycles. The van der Waals surface area contributed by atoms with Crippen LogP contribution in [0, 0.1) is 11.3 Å². The zero-order valence-corrected chi connectivity index (χ0v) is 13.1. The van der Waals surface area contributed by atoms with Gasteiger partial charge in [-0.2, -0.15) is 5.10 Å². The van der Waals surface area contributed by atoms with E-state index < -0.39 is 10.0 Å². The first-order valence-electron chi connectivity index (χ1n) is 6.37. The van der Waals surface area contributed by atoms with Gasteiger partial charge in [-0.05, 0) is 18.4 Å². The fraction of sp³-hybridized carbons (Fsp3) is 0.750. The Bertz CT molecular complexity index is 506. The zero-order chi connectivity index (χ0) is 14.7. The summed E-state index contributed by atoms with van der Waals surface area (Å²) in [6.45, 7) is 9.10. The van der Waals surface area contributed by atoms with Crippen molar-refractivity contribution in [2.75, 3.05) is 13.6 Å². The lowest BCUT2D eigenvalue weighted by molar-refractivity contribution is 0.252. The third kappa shape index (κ3) is 4.02. The van der Waals surface area contributed by atoms with Crippen LogP contribution in [0.3, 0.4) is 0 Å². The number of nitrogens with one attached hydrogen (secondary N) is 3. The van der Waals surface area contributed by atoms with Gasteiger partial charge in [0.05, 0.1) is 6.20 Å². The van der Waals surface area contributed by atoms with E-state index in [4.69, 9.17) is 0 Å². The third-order valence-electron chi connectivity index (χ3n) is 3.59. The van der Waals surface area contributed by atoms with E-state index in [1.54, 1.807) is 7.05 Å². The van der Waals surface area contributed by atoms with Crippen molar-refractivity contribution in [3.05, 3.63) is 11.8 Å². The van der Waals surface area contributed by atoms with Gasteiger partial charge >= 0.3 is 0 Å². The summed E-state index contributed by atoms with van der Waals surface area (Å²) in [5.41, 5.74) is 0.536. The normalized spacial score (nSPS) is 13.2. The summed E-state index contributed by atoms with van der Waals surface area (Å²) in [6, 6.07) is 0. The van der Waals surface area contributed by atoms with Crippen LogP contribution in [-0.2, 0) is 16.6 Å². The Labute approximate surface area is 115 Å². The predicted molar refractivity (Wildman–Crippen MR) is 75.2 cm³/mol. The molecule has 0 aliphatic rings. The van der Waals surface area contributed by atoms with Crippen molar-refractivity contribution in [2.24, 2.45) is 11.3 Å². The summed E-state index contributed by atoms with van der Waals surface area (Å²) >= 11 is 0. The van der Waals surface area contributed by atoms with Gasteiger partial charge in [-0.25, -0.2) is 13.1 Å². The highest BCUT2D eigenvalue weighted by atomic mass is 32.2. The zero-order valence-electron chi connectivity index (χ0n) is 12.2. The van der Waals surface area contributed by atoms with E-state index in [1.165, 1.54) is 6.20 Å². The fourth-order valence-electron chi connectivity index (χ4n) is 1.41. The van der Waals surface area contributed by atoms with Crippen LogP contribution < -0.4 is 10.0 Å². The molecule has 19 heavy (non-hydrogen) atoms. The smallest absolute Gasteiger partial charge is 0.257 e. The molecule has 0 spiro atoms. The van der Waals surface area contributed by atoms with Crippen molar-refractivity contribution in [3.8, 4) is 0 Å². The second-order valence-corrected chi connectivity index (χ2v) is 7.43. The SMILES string of the molecule is CNCc1cn[nH]c1S(=O)(=O)NCC(C)(C)C(C)C. The van der Waals surface area contributed by atoms with Crippen molar-refractivity contribution < 1.29 is 8.42 Å². The molecule has 7 heteroatoms. The topological polar surface area (TPSA) is 86.9 Å². The molecular weight excluding hydrogens is 264 g/mol.